The van der Waals surface area contributed by atoms with Gasteiger partial charge in [-0.1, -0.05) is 22.0 Å². The van der Waals surface area contributed by atoms with Gasteiger partial charge in [0.05, 0.1) is 12.7 Å². The van der Waals surface area contributed by atoms with Crippen LogP contribution in [0.2, 0.25) is 0 Å². The molecule has 120 valence electrons. The first-order chi connectivity index (χ1) is 11.0. The van der Waals surface area contributed by atoms with Crippen molar-refractivity contribution in [1.82, 2.24) is 0 Å². The molecule has 0 saturated heterocycles. The topological polar surface area (TPSA) is 64.6 Å². The van der Waals surface area contributed by atoms with Gasteiger partial charge in [0.2, 0.25) is 0 Å². The Morgan fingerprint density at radius 3 is 2.48 bits per heavy atom. The van der Waals surface area contributed by atoms with E-state index < -0.39 is 18.0 Å². The molecule has 23 heavy (non-hydrogen) atoms. The van der Waals surface area contributed by atoms with Crippen LogP contribution < -0.4 is 10.1 Å². The van der Waals surface area contributed by atoms with Gasteiger partial charge in [0.1, 0.15) is 5.75 Å². The number of amides is 1. The summed E-state index contributed by atoms with van der Waals surface area (Å²) in [6.45, 7) is 1.52. The molecule has 0 aliphatic heterocycles. The van der Waals surface area contributed by atoms with Crippen LogP contribution in [0.4, 0.5) is 5.69 Å². The van der Waals surface area contributed by atoms with Crippen molar-refractivity contribution in [1.29, 1.82) is 0 Å². The number of carbonyl (C=O) groups excluding carboxylic acids is 2. The Labute approximate surface area is 142 Å². The van der Waals surface area contributed by atoms with Crippen molar-refractivity contribution in [2.45, 2.75) is 13.0 Å². The van der Waals surface area contributed by atoms with Gasteiger partial charge in [-0.15, -0.1) is 0 Å². The minimum Gasteiger partial charge on any atom is -0.497 e. The molecule has 0 radical (unpaired) electrons. The summed E-state index contributed by atoms with van der Waals surface area (Å²) < 4.78 is 11.1. The molecule has 0 aliphatic carbocycles. The number of hydrogen-bond acceptors (Lipinski definition) is 4. The number of hydrogen-bond donors (Lipinski definition) is 1. The first-order valence-corrected chi connectivity index (χ1v) is 7.70. The molecule has 2 aromatic carbocycles. The van der Waals surface area contributed by atoms with Crippen molar-refractivity contribution in [3.8, 4) is 5.75 Å². The first kappa shape index (κ1) is 17.0. The Kier molecular flexibility index (Phi) is 5.76. The van der Waals surface area contributed by atoms with Crippen LogP contribution in [0.5, 0.6) is 5.75 Å². The molecule has 0 aliphatic rings. The van der Waals surface area contributed by atoms with E-state index in [1.807, 2.05) is 12.1 Å². The Morgan fingerprint density at radius 1 is 1.13 bits per heavy atom. The lowest BCUT2D eigenvalue weighted by Gasteiger charge is -2.14. The van der Waals surface area contributed by atoms with Crippen molar-refractivity contribution >= 4 is 33.5 Å². The normalized spacial score (nSPS) is 11.4. The number of methoxy groups -OCH3 is 1. The quantitative estimate of drug-likeness (QED) is 0.807. The summed E-state index contributed by atoms with van der Waals surface area (Å²) in [6, 6.07) is 13.7. The summed E-state index contributed by atoms with van der Waals surface area (Å²) in [5.41, 5.74) is 0.954. The van der Waals surface area contributed by atoms with Gasteiger partial charge in [0.25, 0.3) is 5.91 Å². The van der Waals surface area contributed by atoms with E-state index in [1.165, 1.54) is 14.0 Å². The molecule has 6 heteroatoms. The largest absolute Gasteiger partial charge is 0.497 e. The molecule has 0 aromatic heterocycles. The maximum absolute atomic E-state index is 12.1. The van der Waals surface area contributed by atoms with Gasteiger partial charge < -0.3 is 14.8 Å². The fourth-order valence-corrected chi connectivity index (χ4v) is 2.07. The number of benzene rings is 2. The molecule has 1 amide bonds. The van der Waals surface area contributed by atoms with Crippen LogP contribution in [0.25, 0.3) is 0 Å². The lowest BCUT2D eigenvalue weighted by molar-refractivity contribution is -0.123. The highest BCUT2D eigenvalue weighted by Crippen LogP contribution is 2.16. The minimum absolute atomic E-state index is 0.327. The molecule has 2 aromatic rings. The number of carbonyl (C=O) groups is 2. The van der Waals surface area contributed by atoms with Crippen LogP contribution in [-0.4, -0.2) is 25.1 Å². The summed E-state index contributed by atoms with van der Waals surface area (Å²) in [4.78, 5) is 24.1. The van der Waals surface area contributed by atoms with Crippen LogP contribution in [-0.2, 0) is 9.53 Å². The fraction of sp³-hybridized carbons (Fsp3) is 0.176. The molecule has 0 fully saturated rings. The molecular weight excluding hydrogens is 362 g/mol. The number of nitrogens with one attached hydrogen (secondary N) is 1. The standard InChI is InChI=1S/C17H16BrNO4/c1-11(16(20)19-14-8-6-13(18)7-9-14)23-17(21)12-4-3-5-15(10-12)22-2/h3-11H,1-2H3,(H,19,20)/t11-/m0/s1. The van der Waals surface area contributed by atoms with Crippen LogP contribution in [0, 0.1) is 0 Å². The van der Waals surface area contributed by atoms with Crippen LogP contribution in [0.1, 0.15) is 17.3 Å². The van der Waals surface area contributed by atoms with Crippen molar-refractivity contribution in [3.63, 3.8) is 0 Å². The van der Waals surface area contributed by atoms with Crippen LogP contribution in [0.3, 0.4) is 0 Å². The van der Waals surface area contributed by atoms with Crippen LogP contribution >= 0.6 is 15.9 Å². The average Bonchev–Trinajstić information content (AvgIpc) is 2.56. The van der Waals surface area contributed by atoms with E-state index in [0.717, 1.165) is 4.47 Å². The van der Waals surface area contributed by atoms with Gasteiger partial charge in [0.15, 0.2) is 6.10 Å². The Morgan fingerprint density at radius 2 is 1.83 bits per heavy atom. The Balaban J connectivity index is 1.97. The third-order valence-corrected chi connectivity index (χ3v) is 3.60. The molecule has 0 heterocycles. The summed E-state index contributed by atoms with van der Waals surface area (Å²) in [5.74, 6) is -0.433. The van der Waals surface area contributed by atoms with Crippen molar-refractivity contribution < 1.29 is 19.1 Å². The highest BCUT2D eigenvalue weighted by atomic mass is 79.9. The number of esters is 1. The lowest BCUT2D eigenvalue weighted by Crippen LogP contribution is -2.30. The zero-order valence-electron chi connectivity index (χ0n) is 12.7. The van der Waals surface area contributed by atoms with Gasteiger partial charge in [-0.2, -0.15) is 0 Å². The molecular formula is C17H16BrNO4. The van der Waals surface area contributed by atoms with Gasteiger partial charge in [-0.25, -0.2) is 4.79 Å². The first-order valence-electron chi connectivity index (χ1n) is 6.91. The average molecular weight is 378 g/mol. The van der Waals surface area contributed by atoms with Gasteiger partial charge >= 0.3 is 5.97 Å². The monoisotopic (exact) mass is 377 g/mol. The van der Waals surface area contributed by atoms with Gasteiger partial charge in [0, 0.05) is 10.2 Å². The molecule has 1 N–H and O–H groups in total. The third kappa shape index (κ3) is 4.82. The van der Waals surface area contributed by atoms with Gasteiger partial charge in [-0.3, -0.25) is 4.79 Å². The maximum atomic E-state index is 12.1. The Hall–Kier alpha value is -2.34. The van der Waals surface area contributed by atoms with E-state index in [1.54, 1.807) is 36.4 Å². The number of halogens is 1. The Bertz CT molecular complexity index is 700. The SMILES string of the molecule is COc1cccc(C(=O)O[C@@H](C)C(=O)Nc2ccc(Br)cc2)c1. The molecule has 2 rings (SSSR count). The van der Waals surface area contributed by atoms with Crippen LogP contribution in [0.15, 0.2) is 53.0 Å². The maximum Gasteiger partial charge on any atom is 0.339 e. The second-order valence-corrected chi connectivity index (χ2v) is 5.69. The van der Waals surface area contributed by atoms with Gasteiger partial charge in [-0.05, 0) is 49.4 Å². The number of anilines is 1. The smallest absolute Gasteiger partial charge is 0.339 e. The molecule has 0 bridgehead atoms. The molecule has 1 atom stereocenters. The second-order valence-electron chi connectivity index (χ2n) is 4.78. The zero-order valence-corrected chi connectivity index (χ0v) is 14.3. The molecule has 0 unspecified atom stereocenters. The second kappa shape index (κ2) is 7.78. The predicted molar refractivity (Wildman–Crippen MR) is 90.6 cm³/mol. The fourth-order valence-electron chi connectivity index (χ4n) is 1.81. The molecule has 0 saturated carbocycles. The van der Waals surface area contributed by atoms with E-state index in [2.05, 4.69) is 21.2 Å². The van der Waals surface area contributed by atoms with E-state index in [4.69, 9.17) is 9.47 Å². The molecule has 5 nitrogen and oxygen atoms in total. The number of ether oxygens (including phenoxy) is 2. The van der Waals surface area contributed by atoms with Crippen molar-refractivity contribution in [3.05, 3.63) is 58.6 Å². The summed E-state index contributed by atoms with van der Waals surface area (Å²) in [6.07, 6.45) is -0.919. The third-order valence-electron chi connectivity index (χ3n) is 3.07. The zero-order chi connectivity index (χ0) is 16.8. The predicted octanol–water partition coefficient (Wildman–Crippen LogP) is 3.64. The van der Waals surface area contributed by atoms with Crippen molar-refractivity contribution in [2.24, 2.45) is 0 Å². The summed E-state index contributed by atoms with van der Waals surface area (Å²) in [5, 5.41) is 2.69. The van der Waals surface area contributed by atoms with E-state index in [0.29, 0.717) is 17.0 Å². The summed E-state index contributed by atoms with van der Waals surface area (Å²) >= 11 is 3.32. The molecule has 0 spiro atoms. The highest BCUT2D eigenvalue weighted by molar-refractivity contribution is 9.10. The lowest BCUT2D eigenvalue weighted by atomic mass is 10.2. The van der Waals surface area contributed by atoms with E-state index in [-0.39, 0.29) is 0 Å². The van der Waals surface area contributed by atoms with E-state index >= 15 is 0 Å². The minimum atomic E-state index is -0.919. The summed E-state index contributed by atoms with van der Waals surface area (Å²) in [7, 11) is 1.51. The van der Waals surface area contributed by atoms with E-state index in [9.17, 15) is 9.59 Å². The van der Waals surface area contributed by atoms with Crippen molar-refractivity contribution in [2.75, 3.05) is 12.4 Å². The number of rotatable bonds is 5. The highest BCUT2D eigenvalue weighted by Gasteiger charge is 2.19.